The number of carbonyl (C=O) groups excluding carboxylic acids is 2. The largest absolute Gasteiger partial charge is 0.348 e. The fourth-order valence-electron chi connectivity index (χ4n) is 3.31. The van der Waals surface area contributed by atoms with E-state index in [0.717, 1.165) is 11.1 Å². The van der Waals surface area contributed by atoms with Crippen molar-refractivity contribution in [3.8, 4) is 6.07 Å². The van der Waals surface area contributed by atoms with Crippen LogP contribution >= 0.6 is 11.8 Å². The Morgan fingerprint density at radius 2 is 1.90 bits per heavy atom. The lowest BCUT2D eigenvalue weighted by atomic mass is 10.0. The van der Waals surface area contributed by atoms with Crippen molar-refractivity contribution in [3.63, 3.8) is 0 Å². The number of carbonyl (C=O) groups is 2. The first kappa shape index (κ1) is 22.4. The Balaban J connectivity index is 2.02. The maximum absolute atomic E-state index is 13.4. The van der Waals surface area contributed by atoms with Crippen molar-refractivity contribution in [1.82, 2.24) is 5.32 Å². The van der Waals surface area contributed by atoms with E-state index in [1.54, 1.807) is 6.08 Å². The van der Waals surface area contributed by atoms with Crippen molar-refractivity contribution in [2.24, 2.45) is 0 Å². The van der Waals surface area contributed by atoms with Crippen molar-refractivity contribution in [2.45, 2.75) is 31.4 Å². The fraction of sp³-hybridized carbons (Fsp3) is 0.240. The Bertz CT molecular complexity index is 1040. The SMILES string of the molecule is C=CCNC(=O)/C(C#N)=C1\SC(Cc2ccccc2)C(=O)N1c1ccc(C(C)C)cc1. The van der Waals surface area contributed by atoms with Crippen LogP contribution in [0, 0.1) is 11.3 Å². The molecule has 1 fully saturated rings. The number of nitriles is 1. The minimum atomic E-state index is -0.512. The number of nitrogens with zero attached hydrogens (tertiary/aromatic N) is 2. The predicted molar refractivity (Wildman–Crippen MR) is 125 cm³/mol. The molecular weight excluding hydrogens is 406 g/mol. The van der Waals surface area contributed by atoms with Gasteiger partial charge < -0.3 is 5.32 Å². The van der Waals surface area contributed by atoms with Crippen LogP contribution in [0.1, 0.15) is 30.9 Å². The number of benzene rings is 2. The fourth-order valence-corrected chi connectivity index (χ4v) is 4.62. The summed E-state index contributed by atoms with van der Waals surface area (Å²) >= 11 is 1.27. The highest BCUT2D eigenvalue weighted by Crippen LogP contribution is 2.42. The van der Waals surface area contributed by atoms with Gasteiger partial charge in [-0.1, -0.05) is 74.1 Å². The van der Waals surface area contributed by atoms with Gasteiger partial charge >= 0.3 is 0 Å². The first-order chi connectivity index (χ1) is 15.0. The number of hydrogen-bond acceptors (Lipinski definition) is 4. The van der Waals surface area contributed by atoms with Crippen LogP contribution < -0.4 is 10.2 Å². The molecule has 6 heteroatoms. The smallest absolute Gasteiger partial charge is 0.264 e. The molecule has 0 spiro atoms. The van der Waals surface area contributed by atoms with E-state index < -0.39 is 11.2 Å². The van der Waals surface area contributed by atoms with E-state index in [1.807, 2.05) is 60.7 Å². The minimum Gasteiger partial charge on any atom is -0.348 e. The van der Waals surface area contributed by atoms with Gasteiger partial charge in [0, 0.05) is 12.2 Å². The summed E-state index contributed by atoms with van der Waals surface area (Å²) in [6, 6.07) is 19.4. The van der Waals surface area contributed by atoms with Crippen molar-refractivity contribution < 1.29 is 9.59 Å². The molecule has 1 aliphatic rings. The zero-order chi connectivity index (χ0) is 22.4. The summed E-state index contributed by atoms with van der Waals surface area (Å²) in [6.45, 7) is 8.03. The summed E-state index contributed by atoms with van der Waals surface area (Å²) in [4.78, 5) is 27.5. The van der Waals surface area contributed by atoms with E-state index in [9.17, 15) is 14.9 Å². The Kier molecular flexibility index (Phi) is 7.32. The van der Waals surface area contributed by atoms with Crippen LogP contribution in [0.25, 0.3) is 0 Å². The van der Waals surface area contributed by atoms with Gasteiger partial charge in [0.15, 0.2) is 0 Å². The highest BCUT2D eigenvalue weighted by molar-refractivity contribution is 8.05. The standard InChI is InChI=1S/C25H25N3O2S/c1-4-14-27-23(29)21(16-26)25-28(20-12-10-19(11-13-20)17(2)3)24(30)22(31-25)15-18-8-6-5-7-9-18/h4-13,17,22H,1,14-15H2,2-3H3,(H,27,29)/b25-21-. The number of anilines is 1. The zero-order valence-corrected chi connectivity index (χ0v) is 18.5. The second-order valence-electron chi connectivity index (χ2n) is 7.51. The Hall–Kier alpha value is -3.30. The molecule has 1 N–H and O–H groups in total. The third kappa shape index (κ3) is 5.07. The molecule has 31 heavy (non-hydrogen) atoms. The lowest BCUT2D eigenvalue weighted by Gasteiger charge is -2.19. The summed E-state index contributed by atoms with van der Waals surface area (Å²) in [7, 11) is 0. The maximum Gasteiger partial charge on any atom is 0.264 e. The summed E-state index contributed by atoms with van der Waals surface area (Å²) in [5.41, 5.74) is 2.76. The van der Waals surface area contributed by atoms with E-state index >= 15 is 0 Å². The average molecular weight is 432 g/mol. The van der Waals surface area contributed by atoms with Gasteiger partial charge in [-0.05, 0) is 35.6 Å². The Morgan fingerprint density at radius 1 is 1.23 bits per heavy atom. The second kappa shape index (κ2) is 10.1. The molecule has 1 unspecified atom stereocenters. The zero-order valence-electron chi connectivity index (χ0n) is 17.7. The third-order valence-corrected chi connectivity index (χ3v) is 6.26. The molecule has 0 saturated carbocycles. The molecule has 2 aromatic carbocycles. The van der Waals surface area contributed by atoms with Crippen LogP contribution in [0.2, 0.25) is 0 Å². The predicted octanol–water partition coefficient (Wildman–Crippen LogP) is 4.54. The molecule has 0 aliphatic carbocycles. The first-order valence-corrected chi connectivity index (χ1v) is 11.0. The number of amides is 2. The molecule has 1 saturated heterocycles. The minimum absolute atomic E-state index is 0.0660. The summed E-state index contributed by atoms with van der Waals surface area (Å²) < 4.78 is 0. The average Bonchev–Trinajstić information content (AvgIpc) is 3.09. The van der Waals surface area contributed by atoms with Gasteiger partial charge in [0.05, 0.1) is 5.25 Å². The van der Waals surface area contributed by atoms with E-state index in [2.05, 4.69) is 25.7 Å². The summed E-state index contributed by atoms with van der Waals surface area (Å²) in [6.07, 6.45) is 2.06. The second-order valence-corrected chi connectivity index (χ2v) is 8.70. The molecule has 0 radical (unpaired) electrons. The van der Waals surface area contributed by atoms with Gasteiger partial charge in [-0.3, -0.25) is 14.5 Å². The van der Waals surface area contributed by atoms with Crippen molar-refractivity contribution in [2.75, 3.05) is 11.4 Å². The molecule has 1 heterocycles. The molecular formula is C25H25N3O2S. The quantitative estimate of drug-likeness (QED) is 0.397. The van der Waals surface area contributed by atoms with Gasteiger partial charge in [0.1, 0.15) is 16.7 Å². The normalized spacial score (nSPS) is 17.4. The van der Waals surface area contributed by atoms with Gasteiger partial charge in [0.2, 0.25) is 5.91 Å². The lowest BCUT2D eigenvalue weighted by Crippen LogP contribution is -2.32. The lowest BCUT2D eigenvalue weighted by molar-refractivity contribution is -0.117. The van der Waals surface area contributed by atoms with E-state index in [0.29, 0.717) is 23.1 Å². The molecule has 0 bridgehead atoms. The van der Waals surface area contributed by atoms with E-state index in [-0.39, 0.29) is 18.0 Å². The van der Waals surface area contributed by atoms with Crippen LogP contribution in [0.4, 0.5) is 5.69 Å². The van der Waals surface area contributed by atoms with Crippen molar-refractivity contribution >= 4 is 29.3 Å². The highest BCUT2D eigenvalue weighted by atomic mass is 32.2. The number of rotatable bonds is 7. The van der Waals surface area contributed by atoms with Crippen LogP contribution in [-0.2, 0) is 16.0 Å². The monoisotopic (exact) mass is 431 g/mol. The van der Waals surface area contributed by atoms with Gasteiger partial charge in [0.25, 0.3) is 5.91 Å². The molecule has 2 amide bonds. The summed E-state index contributed by atoms with van der Waals surface area (Å²) in [5.74, 6) is -0.287. The van der Waals surface area contributed by atoms with E-state index in [4.69, 9.17) is 0 Å². The Labute approximate surface area is 187 Å². The van der Waals surface area contributed by atoms with Crippen LogP contribution in [0.5, 0.6) is 0 Å². The molecule has 158 valence electrons. The van der Waals surface area contributed by atoms with Gasteiger partial charge in [-0.25, -0.2) is 0 Å². The van der Waals surface area contributed by atoms with Crippen molar-refractivity contribution in [1.29, 1.82) is 5.26 Å². The molecule has 1 atom stereocenters. The van der Waals surface area contributed by atoms with Gasteiger partial charge in [-0.2, -0.15) is 5.26 Å². The van der Waals surface area contributed by atoms with Crippen LogP contribution in [-0.4, -0.2) is 23.6 Å². The first-order valence-electron chi connectivity index (χ1n) is 10.1. The number of thioether (sulfide) groups is 1. The summed E-state index contributed by atoms with van der Waals surface area (Å²) in [5, 5.41) is 12.4. The molecule has 1 aliphatic heterocycles. The molecule has 2 aromatic rings. The Morgan fingerprint density at radius 3 is 2.48 bits per heavy atom. The van der Waals surface area contributed by atoms with Crippen LogP contribution in [0.3, 0.4) is 0 Å². The molecule has 3 rings (SSSR count). The topological polar surface area (TPSA) is 73.2 Å². The number of hydrogen-bond donors (Lipinski definition) is 1. The number of nitrogens with one attached hydrogen (secondary N) is 1. The molecule has 5 nitrogen and oxygen atoms in total. The van der Waals surface area contributed by atoms with Crippen molar-refractivity contribution in [3.05, 3.63) is 89.0 Å². The maximum atomic E-state index is 13.4. The van der Waals surface area contributed by atoms with Gasteiger partial charge in [-0.15, -0.1) is 6.58 Å². The molecule has 0 aromatic heterocycles. The highest BCUT2D eigenvalue weighted by Gasteiger charge is 2.40. The van der Waals surface area contributed by atoms with E-state index in [1.165, 1.54) is 16.7 Å². The third-order valence-electron chi connectivity index (χ3n) is 4.99. The van der Waals surface area contributed by atoms with Crippen LogP contribution in [0.15, 0.2) is 77.9 Å².